The van der Waals surface area contributed by atoms with Gasteiger partial charge in [-0.05, 0) is 30.8 Å². The van der Waals surface area contributed by atoms with Crippen molar-refractivity contribution in [2.45, 2.75) is 30.8 Å². The quantitative estimate of drug-likeness (QED) is 0.498. The standard InChI is InChI=1S/C9H18OSi2/c1-5-7-11(3)9-12(4,10-11)8-6-2/h5-6H,1-2,7-9H2,3-4H3. The van der Waals surface area contributed by atoms with Gasteiger partial charge in [0.05, 0.1) is 0 Å². The van der Waals surface area contributed by atoms with Crippen molar-refractivity contribution in [2.75, 3.05) is 0 Å². The Bertz CT molecular complexity index is 175. The van der Waals surface area contributed by atoms with E-state index in [0.29, 0.717) is 0 Å². The van der Waals surface area contributed by atoms with Crippen LogP contribution < -0.4 is 0 Å². The minimum absolute atomic E-state index is 1.12. The summed E-state index contributed by atoms with van der Waals surface area (Å²) in [5.74, 6) is 0. The SMILES string of the molecule is C=CC[Si]1(C)C[Si](C)(CC=C)O1. The van der Waals surface area contributed by atoms with E-state index in [0.717, 1.165) is 12.1 Å². The van der Waals surface area contributed by atoms with Gasteiger partial charge in [-0.25, -0.2) is 0 Å². The Labute approximate surface area is 77.4 Å². The van der Waals surface area contributed by atoms with Gasteiger partial charge in [0.15, 0.2) is 16.6 Å². The summed E-state index contributed by atoms with van der Waals surface area (Å²) in [5, 5.41) is 0. The highest BCUT2D eigenvalue weighted by Crippen LogP contribution is 2.40. The van der Waals surface area contributed by atoms with E-state index >= 15 is 0 Å². The fourth-order valence-electron chi connectivity index (χ4n) is 2.22. The molecule has 12 heavy (non-hydrogen) atoms. The second-order valence-corrected chi connectivity index (χ2v) is 13.0. The first-order valence-corrected chi connectivity index (χ1v) is 10.1. The average Bonchev–Trinajstić information content (AvgIpc) is 1.84. The minimum Gasteiger partial charge on any atom is -0.455 e. The summed E-state index contributed by atoms with van der Waals surface area (Å²) in [7, 11) is -2.55. The maximum Gasteiger partial charge on any atom is 0.179 e. The van der Waals surface area contributed by atoms with Crippen LogP contribution in [0.4, 0.5) is 0 Å². The summed E-state index contributed by atoms with van der Waals surface area (Å²) in [6.45, 7) is 12.2. The number of rotatable bonds is 4. The highest BCUT2D eigenvalue weighted by molar-refractivity contribution is 7.03. The van der Waals surface area contributed by atoms with Crippen molar-refractivity contribution in [2.24, 2.45) is 0 Å². The molecule has 0 saturated carbocycles. The number of allylic oxidation sites excluding steroid dienone is 2. The molecule has 0 radical (unpaired) electrons. The summed E-state index contributed by atoms with van der Waals surface area (Å²) in [6, 6.07) is 2.24. The van der Waals surface area contributed by atoms with Gasteiger partial charge in [0.2, 0.25) is 0 Å². The van der Waals surface area contributed by atoms with Crippen LogP contribution in [0.5, 0.6) is 0 Å². The van der Waals surface area contributed by atoms with Crippen LogP contribution in [0.2, 0.25) is 30.8 Å². The van der Waals surface area contributed by atoms with E-state index in [9.17, 15) is 0 Å². The first kappa shape index (κ1) is 9.96. The third kappa shape index (κ3) is 1.97. The van der Waals surface area contributed by atoms with Crippen molar-refractivity contribution in [1.82, 2.24) is 0 Å². The van der Waals surface area contributed by atoms with Crippen molar-refractivity contribution >= 4 is 16.6 Å². The van der Waals surface area contributed by atoms with Crippen molar-refractivity contribution in [3.05, 3.63) is 25.3 Å². The van der Waals surface area contributed by atoms with Gasteiger partial charge in [-0.1, -0.05) is 12.2 Å². The Morgan fingerprint density at radius 1 is 1.17 bits per heavy atom. The van der Waals surface area contributed by atoms with Gasteiger partial charge in [0.1, 0.15) is 0 Å². The second-order valence-electron chi connectivity index (χ2n) is 4.16. The molecule has 1 aliphatic heterocycles. The van der Waals surface area contributed by atoms with E-state index < -0.39 is 16.6 Å². The van der Waals surface area contributed by atoms with Crippen LogP contribution in [0.15, 0.2) is 25.3 Å². The Morgan fingerprint density at radius 2 is 1.50 bits per heavy atom. The molecule has 1 rings (SSSR count). The van der Waals surface area contributed by atoms with E-state index in [-0.39, 0.29) is 0 Å². The lowest BCUT2D eigenvalue weighted by Gasteiger charge is -2.50. The molecular weight excluding hydrogens is 180 g/mol. The Balaban J connectivity index is 2.43. The van der Waals surface area contributed by atoms with E-state index in [2.05, 4.69) is 26.3 Å². The van der Waals surface area contributed by atoms with Crippen molar-refractivity contribution in [1.29, 1.82) is 0 Å². The molecule has 1 saturated heterocycles. The Kier molecular flexibility index (Phi) is 2.75. The molecule has 1 aliphatic rings. The molecule has 0 aliphatic carbocycles. The van der Waals surface area contributed by atoms with E-state index in [4.69, 9.17) is 4.12 Å². The van der Waals surface area contributed by atoms with Crippen LogP contribution in [0.1, 0.15) is 0 Å². The molecule has 0 aromatic rings. The van der Waals surface area contributed by atoms with Gasteiger partial charge in [-0.15, -0.1) is 13.2 Å². The zero-order chi connectivity index (χ0) is 9.24. The number of hydrogen-bond acceptors (Lipinski definition) is 1. The maximum atomic E-state index is 6.13. The highest BCUT2D eigenvalue weighted by atomic mass is 28.5. The summed E-state index contributed by atoms with van der Waals surface area (Å²) < 4.78 is 6.13. The zero-order valence-electron chi connectivity index (χ0n) is 8.10. The normalized spacial score (nSPS) is 40.2. The van der Waals surface area contributed by atoms with Gasteiger partial charge >= 0.3 is 0 Å². The molecule has 68 valence electrons. The topological polar surface area (TPSA) is 9.23 Å². The van der Waals surface area contributed by atoms with Crippen molar-refractivity contribution < 1.29 is 4.12 Å². The van der Waals surface area contributed by atoms with Crippen LogP contribution in [0, 0.1) is 0 Å². The fourth-order valence-corrected chi connectivity index (χ4v) is 16.3. The molecule has 1 heterocycles. The van der Waals surface area contributed by atoms with Crippen molar-refractivity contribution in [3.63, 3.8) is 0 Å². The molecule has 1 fully saturated rings. The lowest BCUT2D eigenvalue weighted by molar-refractivity contribution is 0.492. The molecular formula is C9H18OSi2. The van der Waals surface area contributed by atoms with Crippen LogP contribution in [0.3, 0.4) is 0 Å². The van der Waals surface area contributed by atoms with Crippen LogP contribution in [0.25, 0.3) is 0 Å². The molecule has 0 amide bonds. The summed E-state index contributed by atoms with van der Waals surface area (Å²) in [6.07, 6.45) is 4.02. The highest BCUT2D eigenvalue weighted by Gasteiger charge is 2.52. The first-order valence-electron chi connectivity index (χ1n) is 4.46. The molecule has 0 aromatic carbocycles. The van der Waals surface area contributed by atoms with Crippen molar-refractivity contribution in [3.8, 4) is 0 Å². The fraction of sp³-hybridized carbons (Fsp3) is 0.556. The second kappa shape index (κ2) is 3.32. The minimum atomic E-state index is -1.27. The lowest BCUT2D eigenvalue weighted by Crippen LogP contribution is -2.62. The van der Waals surface area contributed by atoms with Gasteiger partial charge in [0, 0.05) is 0 Å². The first-order chi connectivity index (χ1) is 5.54. The summed E-state index contributed by atoms with van der Waals surface area (Å²) in [5.41, 5.74) is 1.39. The van der Waals surface area contributed by atoms with Gasteiger partial charge in [-0.3, -0.25) is 0 Å². The van der Waals surface area contributed by atoms with E-state index in [1.165, 1.54) is 5.67 Å². The molecule has 0 aromatic heterocycles. The molecule has 0 N–H and O–H groups in total. The Morgan fingerprint density at radius 3 is 1.75 bits per heavy atom. The third-order valence-corrected chi connectivity index (χ3v) is 14.6. The zero-order valence-corrected chi connectivity index (χ0v) is 10.1. The summed E-state index contributed by atoms with van der Waals surface area (Å²) in [4.78, 5) is 0. The third-order valence-electron chi connectivity index (χ3n) is 2.39. The van der Waals surface area contributed by atoms with Crippen LogP contribution >= 0.6 is 0 Å². The molecule has 3 heteroatoms. The largest absolute Gasteiger partial charge is 0.455 e. The molecule has 1 nitrogen and oxygen atoms in total. The van der Waals surface area contributed by atoms with E-state index in [1.54, 1.807) is 0 Å². The molecule has 2 atom stereocenters. The molecule has 2 unspecified atom stereocenters. The smallest absolute Gasteiger partial charge is 0.179 e. The average molecular weight is 198 g/mol. The van der Waals surface area contributed by atoms with Gasteiger partial charge in [-0.2, -0.15) is 0 Å². The predicted molar refractivity (Wildman–Crippen MR) is 59.1 cm³/mol. The Hall–Kier alpha value is -0.126. The molecule has 0 bridgehead atoms. The predicted octanol–water partition coefficient (Wildman–Crippen LogP) is 3.08. The van der Waals surface area contributed by atoms with Crippen LogP contribution in [-0.4, -0.2) is 16.6 Å². The van der Waals surface area contributed by atoms with Gasteiger partial charge in [0.25, 0.3) is 0 Å². The number of hydrogen-bond donors (Lipinski definition) is 0. The molecule has 0 spiro atoms. The van der Waals surface area contributed by atoms with E-state index in [1.807, 2.05) is 12.2 Å². The van der Waals surface area contributed by atoms with Crippen LogP contribution in [-0.2, 0) is 4.12 Å². The monoisotopic (exact) mass is 198 g/mol. The maximum absolute atomic E-state index is 6.13. The summed E-state index contributed by atoms with van der Waals surface area (Å²) >= 11 is 0. The van der Waals surface area contributed by atoms with Gasteiger partial charge < -0.3 is 4.12 Å². The lowest BCUT2D eigenvalue weighted by atomic mass is 10.8.